The molecule has 0 aliphatic heterocycles. The van der Waals surface area contributed by atoms with Crippen molar-refractivity contribution in [2.45, 2.75) is 6.92 Å². The van der Waals surface area contributed by atoms with Crippen LogP contribution >= 0.6 is 8.03 Å². The van der Waals surface area contributed by atoms with Gasteiger partial charge in [0.25, 0.3) is 0 Å². The van der Waals surface area contributed by atoms with Crippen molar-refractivity contribution in [3.63, 3.8) is 0 Å². The van der Waals surface area contributed by atoms with Crippen LogP contribution in [-0.4, -0.2) is 13.3 Å². The Balaban J connectivity index is 0. The predicted molar refractivity (Wildman–Crippen MR) is 25.2 cm³/mol. The maximum absolute atomic E-state index is 10.1. The van der Waals surface area contributed by atoms with E-state index in [0.29, 0.717) is 6.16 Å². The largest absolute Gasteiger partial charge is 0.507 e. The zero-order valence-corrected chi connectivity index (χ0v) is 8.54. The first-order chi connectivity index (χ1) is 2.81. The summed E-state index contributed by atoms with van der Waals surface area (Å²) in [5.41, 5.74) is 0. The maximum atomic E-state index is 10.1. The van der Waals surface area contributed by atoms with E-state index in [-0.39, 0.29) is 19.5 Å². The zero-order valence-electron chi connectivity index (χ0n) is 4.68. The van der Waals surface area contributed by atoms with E-state index in [4.69, 9.17) is 0 Å². The molecule has 0 radical (unpaired) electrons. The van der Waals surface area contributed by atoms with E-state index in [1.54, 1.807) is 0 Å². The van der Waals surface area contributed by atoms with Gasteiger partial charge in [0, 0.05) is 19.5 Å². The molecule has 0 saturated carbocycles. The molecule has 7 heavy (non-hydrogen) atoms. The van der Waals surface area contributed by atoms with Crippen LogP contribution in [0.4, 0.5) is 0 Å². The second kappa shape index (κ2) is 6.68. The molecule has 0 aliphatic rings. The van der Waals surface area contributed by atoms with Gasteiger partial charge in [-0.3, -0.25) is 0 Å². The van der Waals surface area contributed by atoms with Gasteiger partial charge in [0.1, 0.15) is 0 Å². The van der Waals surface area contributed by atoms with E-state index >= 15 is 0 Å². The number of hydrogen-bond acceptors (Lipinski definition) is 2. The standard InChI is InChI=1S/C3H8O2P.Zn/c1-3-6(4)5-2;/h3H2,1-2H3;/q+1;. The first-order valence-corrected chi connectivity index (χ1v) is 3.16. The van der Waals surface area contributed by atoms with Gasteiger partial charge in [-0.05, 0) is 11.5 Å². The van der Waals surface area contributed by atoms with E-state index in [2.05, 4.69) is 4.52 Å². The van der Waals surface area contributed by atoms with Crippen LogP contribution in [0.15, 0.2) is 0 Å². The zero-order chi connectivity index (χ0) is 4.99. The molecule has 0 bridgehead atoms. The molecule has 0 saturated heterocycles. The van der Waals surface area contributed by atoms with Gasteiger partial charge in [-0.25, -0.2) is 0 Å². The Morgan fingerprint density at radius 2 is 2.14 bits per heavy atom. The second-order valence-corrected chi connectivity index (χ2v) is 2.49. The summed E-state index contributed by atoms with van der Waals surface area (Å²) in [5.74, 6) is 0. The van der Waals surface area contributed by atoms with Crippen molar-refractivity contribution >= 4 is 8.03 Å². The van der Waals surface area contributed by atoms with Gasteiger partial charge in [0.2, 0.25) is 0 Å². The Labute approximate surface area is 57.3 Å². The minimum absolute atomic E-state index is 0. The average Bonchev–Trinajstić information content (AvgIpc) is 1.65. The number of hydrogen-bond donors (Lipinski definition) is 0. The summed E-state index contributed by atoms with van der Waals surface area (Å²) in [4.78, 5) is 0. The molecule has 0 aromatic rings. The molecule has 0 spiro atoms. The van der Waals surface area contributed by atoms with Crippen molar-refractivity contribution in [2.24, 2.45) is 0 Å². The minimum atomic E-state index is -1.33. The van der Waals surface area contributed by atoms with E-state index in [0.717, 1.165) is 0 Å². The molecule has 1 atom stereocenters. The Morgan fingerprint density at radius 3 is 2.14 bits per heavy atom. The third-order valence-corrected chi connectivity index (χ3v) is 1.39. The van der Waals surface area contributed by atoms with Gasteiger partial charge in [-0.1, -0.05) is 0 Å². The fourth-order valence-corrected chi connectivity index (χ4v) is 0.387. The molecular weight excluding hydrogens is 164 g/mol. The second-order valence-electron chi connectivity index (χ2n) is 0.832. The van der Waals surface area contributed by atoms with Gasteiger partial charge in [0.15, 0.2) is 6.16 Å². The smallest absolute Gasteiger partial charge is 0.150 e. The quantitative estimate of drug-likeness (QED) is 0.465. The van der Waals surface area contributed by atoms with E-state index < -0.39 is 8.03 Å². The Kier molecular flexibility index (Phi) is 10.1. The van der Waals surface area contributed by atoms with Gasteiger partial charge in [0.05, 0.1) is 7.11 Å². The third-order valence-electron chi connectivity index (χ3n) is 0.462. The van der Waals surface area contributed by atoms with Crippen LogP contribution in [0.3, 0.4) is 0 Å². The summed E-state index contributed by atoms with van der Waals surface area (Å²) >= 11 is 0. The Morgan fingerprint density at radius 1 is 1.71 bits per heavy atom. The molecule has 2 nitrogen and oxygen atoms in total. The molecule has 0 amide bonds. The fourth-order valence-electron chi connectivity index (χ4n) is 0.129. The topological polar surface area (TPSA) is 26.3 Å². The van der Waals surface area contributed by atoms with Crippen LogP contribution in [0.5, 0.6) is 0 Å². The van der Waals surface area contributed by atoms with Gasteiger partial charge in [-0.2, -0.15) is 0 Å². The van der Waals surface area contributed by atoms with Gasteiger partial charge < -0.3 is 0 Å². The van der Waals surface area contributed by atoms with Crippen LogP contribution in [-0.2, 0) is 28.6 Å². The predicted octanol–water partition coefficient (Wildman–Crippen LogP) is 1.39. The van der Waals surface area contributed by atoms with Crippen molar-refractivity contribution in [1.82, 2.24) is 0 Å². The van der Waals surface area contributed by atoms with Crippen LogP contribution in [0, 0.1) is 0 Å². The summed E-state index contributed by atoms with van der Waals surface area (Å²) in [7, 11) is 0.120. The molecule has 0 aliphatic carbocycles. The van der Waals surface area contributed by atoms with E-state index in [1.807, 2.05) is 6.92 Å². The molecule has 0 heterocycles. The monoisotopic (exact) mass is 171 g/mol. The normalized spacial score (nSPS) is 9.71. The van der Waals surface area contributed by atoms with Crippen molar-refractivity contribution in [3.8, 4) is 0 Å². The van der Waals surface area contributed by atoms with Crippen molar-refractivity contribution < 1.29 is 28.6 Å². The molecule has 38 valence electrons. The number of rotatable bonds is 2. The third kappa shape index (κ3) is 6.68. The van der Waals surface area contributed by atoms with Gasteiger partial charge >= 0.3 is 8.03 Å². The van der Waals surface area contributed by atoms with Crippen molar-refractivity contribution in [2.75, 3.05) is 13.3 Å². The first kappa shape index (κ1) is 10.6. The van der Waals surface area contributed by atoms with E-state index in [9.17, 15) is 4.57 Å². The van der Waals surface area contributed by atoms with Crippen LogP contribution in [0.25, 0.3) is 0 Å². The maximum Gasteiger partial charge on any atom is 0.507 e. The van der Waals surface area contributed by atoms with Crippen LogP contribution in [0.1, 0.15) is 6.92 Å². The molecule has 4 heteroatoms. The fraction of sp³-hybridized carbons (Fsp3) is 1.00. The van der Waals surface area contributed by atoms with Gasteiger partial charge in [-0.15, -0.1) is 4.52 Å². The molecular formula is C3H8O2PZn+. The SMILES string of the molecule is CC[P+](=O)OC.[Zn]. The molecule has 0 rings (SSSR count). The van der Waals surface area contributed by atoms with Crippen molar-refractivity contribution in [1.29, 1.82) is 0 Å². The van der Waals surface area contributed by atoms with Crippen LogP contribution in [0.2, 0.25) is 0 Å². The summed E-state index contributed by atoms with van der Waals surface area (Å²) in [6, 6.07) is 0. The summed E-state index contributed by atoms with van der Waals surface area (Å²) in [5, 5.41) is 0. The summed E-state index contributed by atoms with van der Waals surface area (Å²) in [6.07, 6.45) is 0.617. The first-order valence-electron chi connectivity index (χ1n) is 1.80. The summed E-state index contributed by atoms with van der Waals surface area (Å²) < 4.78 is 14.5. The van der Waals surface area contributed by atoms with Crippen molar-refractivity contribution in [3.05, 3.63) is 0 Å². The minimum Gasteiger partial charge on any atom is -0.150 e. The molecule has 0 aromatic heterocycles. The Hall–Kier alpha value is 0.683. The average molecular weight is 172 g/mol. The summed E-state index contributed by atoms with van der Waals surface area (Å²) in [6.45, 7) is 1.82. The molecule has 0 fully saturated rings. The molecule has 0 N–H and O–H groups in total. The van der Waals surface area contributed by atoms with E-state index in [1.165, 1.54) is 7.11 Å². The molecule has 1 unspecified atom stereocenters. The molecule has 0 aromatic carbocycles. The van der Waals surface area contributed by atoms with Crippen LogP contribution < -0.4 is 0 Å². The Bertz CT molecular complexity index is 50.9.